The van der Waals surface area contributed by atoms with Crippen molar-refractivity contribution in [3.63, 3.8) is 0 Å². The van der Waals surface area contributed by atoms with Crippen molar-refractivity contribution >= 4 is 17.7 Å². The largest absolute Gasteiger partial charge is 0.384 e. The van der Waals surface area contributed by atoms with Crippen LogP contribution in [0.25, 0.3) is 16.7 Å². The summed E-state index contributed by atoms with van der Waals surface area (Å²) in [6, 6.07) is 16.7. The molecule has 3 nitrogen and oxygen atoms in total. The van der Waals surface area contributed by atoms with Crippen LogP contribution in [0.5, 0.6) is 0 Å². The van der Waals surface area contributed by atoms with Crippen molar-refractivity contribution < 1.29 is 4.79 Å². The third-order valence-electron chi connectivity index (χ3n) is 5.58. The van der Waals surface area contributed by atoms with Crippen LogP contribution >= 0.6 is 0 Å². The number of amidine groups is 1. The van der Waals surface area contributed by atoms with Crippen molar-refractivity contribution in [1.29, 1.82) is 0 Å². The summed E-state index contributed by atoms with van der Waals surface area (Å²) in [6.45, 7) is 3.95. The zero-order valence-corrected chi connectivity index (χ0v) is 17.0. The number of aldehydes is 1. The third kappa shape index (κ3) is 3.87. The van der Waals surface area contributed by atoms with Gasteiger partial charge in [0.05, 0.1) is 0 Å². The van der Waals surface area contributed by atoms with Gasteiger partial charge in [-0.25, -0.2) is 4.99 Å². The molecule has 0 spiro atoms. The molecule has 1 unspecified atom stereocenters. The number of rotatable bonds is 7. The number of carbonyl (C=O) groups is 1. The van der Waals surface area contributed by atoms with Gasteiger partial charge in [-0.05, 0) is 79.1 Å². The summed E-state index contributed by atoms with van der Waals surface area (Å²) in [6.07, 6.45) is 7.81. The van der Waals surface area contributed by atoms with E-state index in [-0.39, 0.29) is 5.92 Å². The van der Waals surface area contributed by atoms with Gasteiger partial charge >= 0.3 is 0 Å². The molecule has 2 aromatic carbocycles. The van der Waals surface area contributed by atoms with E-state index in [4.69, 9.17) is 10.7 Å². The van der Waals surface area contributed by atoms with E-state index in [2.05, 4.69) is 42.1 Å². The lowest BCUT2D eigenvalue weighted by molar-refractivity contribution is -0.113. The molecule has 0 aliphatic heterocycles. The highest BCUT2D eigenvalue weighted by Gasteiger charge is 2.47. The Morgan fingerprint density at radius 3 is 2.34 bits per heavy atom. The normalized spacial score (nSPS) is 17.7. The van der Waals surface area contributed by atoms with Gasteiger partial charge in [-0.2, -0.15) is 0 Å². The summed E-state index contributed by atoms with van der Waals surface area (Å²) >= 11 is 0. The second-order valence-electron chi connectivity index (χ2n) is 8.17. The molecule has 0 bridgehead atoms. The lowest BCUT2D eigenvalue weighted by Gasteiger charge is -2.25. The minimum atomic E-state index is -0.914. The summed E-state index contributed by atoms with van der Waals surface area (Å²) in [5, 5.41) is 0. The highest BCUT2D eigenvalue weighted by molar-refractivity contribution is 5.94. The Balaban J connectivity index is 1.77. The van der Waals surface area contributed by atoms with Gasteiger partial charge in [0.2, 0.25) is 0 Å². The Bertz CT molecular complexity index is 1080. The lowest BCUT2D eigenvalue weighted by Crippen LogP contribution is -2.31. The predicted molar refractivity (Wildman–Crippen MR) is 120 cm³/mol. The van der Waals surface area contributed by atoms with Gasteiger partial charge in [0.25, 0.3) is 0 Å². The van der Waals surface area contributed by atoms with E-state index in [1.807, 2.05) is 38.1 Å². The van der Waals surface area contributed by atoms with Gasteiger partial charge in [0.1, 0.15) is 11.4 Å². The Morgan fingerprint density at radius 2 is 1.76 bits per heavy atom. The maximum absolute atomic E-state index is 12.4. The van der Waals surface area contributed by atoms with E-state index >= 15 is 0 Å². The van der Waals surface area contributed by atoms with Gasteiger partial charge in [0, 0.05) is 12.0 Å². The highest BCUT2D eigenvalue weighted by atomic mass is 16.1. The Morgan fingerprint density at radius 1 is 1.10 bits per heavy atom. The van der Waals surface area contributed by atoms with Crippen molar-refractivity contribution in [3.05, 3.63) is 83.1 Å². The standard InChI is InChI=1S/C26H26N2O/c1-18(2)14-25(27)28-26(17-29,23-12-13-23)24-11-5-10-22(16-24)21-9-4-8-20(15-21)19-6-3-7-19/h3-5,8-11,14-17,23H,6,12-13H2,1-2H3,(H2,27,28). The molecule has 1 fully saturated rings. The fourth-order valence-electron chi connectivity index (χ4n) is 3.89. The van der Waals surface area contributed by atoms with Gasteiger partial charge in [-0.3, -0.25) is 0 Å². The first-order valence-electron chi connectivity index (χ1n) is 10.1. The highest BCUT2D eigenvalue weighted by Crippen LogP contribution is 2.48. The molecule has 0 amide bonds. The molecule has 4 rings (SSSR count). The van der Waals surface area contributed by atoms with E-state index in [0.717, 1.165) is 47.8 Å². The number of aliphatic imine (C=N–C) groups is 1. The Hall–Kier alpha value is -3.16. The average molecular weight is 383 g/mol. The lowest BCUT2D eigenvalue weighted by atomic mass is 9.85. The molecule has 3 heteroatoms. The first-order chi connectivity index (χ1) is 14.0. The molecule has 1 saturated carbocycles. The molecule has 146 valence electrons. The van der Waals surface area contributed by atoms with Crippen LogP contribution in [0.3, 0.4) is 0 Å². The first kappa shape index (κ1) is 19.2. The van der Waals surface area contributed by atoms with Crippen molar-refractivity contribution in [3.8, 4) is 11.1 Å². The van der Waals surface area contributed by atoms with E-state index < -0.39 is 5.54 Å². The van der Waals surface area contributed by atoms with E-state index in [9.17, 15) is 4.79 Å². The monoisotopic (exact) mass is 382 g/mol. The van der Waals surface area contributed by atoms with E-state index in [0.29, 0.717) is 5.84 Å². The van der Waals surface area contributed by atoms with Crippen LogP contribution in [-0.2, 0) is 10.3 Å². The van der Waals surface area contributed by atoms with Crippen molar-refractivity contribution in [2.75, 3.05) is 0 Å². The molecule has 0 radical (unpaired) electrons. The molecule has 29 heavy (non-hydrogen) atoms. The topological polar surface area (TPSA) is 55.4 Å². The smallest absolute Gasteiger partial charge is 0.152 e. The molecule has 2 aliphatic carbocycles. The van der Waals surface area contributed by atoms with Crippen molar-refractivity contribution in [2.45, 2.75) is 38.6 Å². The Labute approximate surface area is 172 Å². The molecule has 2 aromatic rings. The minimum absolute atomic E-state index is 0.205. The van der Waals surface area contributed by atoms with Crippen LogP contribution in [0.1, 0.15) is 44.2 Å². The SMILES string of the molecule is CC(C)=CC(N)=NC(C=O)(c1cccc(-c2cccc(C3=C=CC3)c2)c1)C1CC1. The molecule has 0 aromatic heterocycles. The maximum atomic E-state index is 12.4. The number of nitrogens with zero attached hydrogens (tertiary/aromatic N) is 1. The molecule has 0 saturated heterocycles. The fraction of sp³-hybridized carbons (Fsp3) is 0.269. The van der Waals surface area contributed by atoms with Crippen LogP contribution in [0.15, 0.2) is 77.0 Å². The van der Waals surface area contributed by atoms with Gasteiger partial charge in [-0.1, -0.05) is 42.0 Å². The van der Waals surface area contributed by atoms with Crippen molar-refractivity contribution in [2.24, 2.45) is 16.6 Å². The number of allylic oxidation sites excluding steroid dienone is 2. The Kier molecular flexibility index (Phi) is 5.08. The summed E-state index contributed by atoms with van der Waals surface area (Å²) in [4.78, 5) is 17.1. The summed E-state index contributed by atoms with van der Waals surface area (Å²) in [5.41, 5.74) is 15.1. The number of hydrogen-bond acceptors (Lipinski definition) is 2. The number of hydrogen-bond donors (Lipinski definition) is 1. The molecule has 2 aliphatic rings. The van der Waals surface area contributed by atoms with Crippen LogP contribution in [0.2, 0.25) is 0 Å². The van der Waals surface area contributed by atoms with Crippen LogP contribution in [-0.4, -0.2) is 12.1 Å². The molecule has 0 heterocycles. The fourth-order valence-corrected chi connectivity index (χ4v) is 3.89. The van der Waals surface area contributed by atoms with Crippen molar-refractivity contribution in [1.82, 2.24) is 0 Å². The van der Waals surface area contributed by atoms with Crippen LogP contribution in [0, 0.1) is 5.92 Å². The van der Waals surface area contributed by atoms with Crippen LogP contribution in [0.4, 0.5) is 0 Å². The molecular formula is C26H26N2O. The van der Waals surface area contributed by atoms with Gasteiger partial charge in [-0.15, -0.1) is 5.73 Å². The van der Waals surface area contributed by atoms with E-state index in [1.165, 1.54) is 11.1 Å². The average Bonchev–Trinajstić information content (AvgIpc) is 3.50. The first-order valence-corrected chi connectivity index (χ1v) is 10.1. The maximum Gasteiger partial charge on any atom is 0.152 e. The predicted octanol–water partition coefficient (Wildman–Crippen LogP) is 5.42. The number of nitrogens with two attached hydrogens (primary N) is 1. The molecular weight excluding hydrogens is 356 g/mol. The van der Waals surface area contributed by atoms with E-state index in [1.54, 1.807) is 0 Å². The van der Waals surface area contributed by atoms with Crippen LogP contribution < -0.4 is 5.73 Å². The zero-order chi connectivity index (χ0) is 20.4. The quantitative estimate of drug-likeness (QED) is 0.301. The summed E-state index contributed by atoms with van der Waals surface area (Å²) in [5.74, 6) is 0.607. The second-order valence-corrected chi connectivity index (χ2v) is 8.17. The minimum Gasteiger partial charge on any atom is -0.384 e. The molecule has 2 N–H and O–H groups in total. The van der Waals surface area contributed by atoms with Gasteiger partial charge < -0.3 is 10.5 Å². The molecule has 1 atom stereocenters. The second kappa shape index (κ2) is 7.69. The summed E-state index contributed by atoms with van der Waals surface area (Å²) in [7, 11) is 0. The number of carbonyl (C=O) groups excluding carboxylic acids is 1. The zero-order valence-electron chi connectivity index (χ0n) is 17.0. The van der Waals surface area contributed by atoms with Gasteiger partial charge in [0.15, 0.2) is 6.29 Å². The summed E-state index contributed by atoms with van der Waals surface area (Å²) < 4.78 is 0. The third-order valence-corrected chi connectivity index (χ3v) is 5.58. The number of benzene rings is 2.